The quantitative estimate of drug-likeness (QED) is 0.485. The van der Waals surface area contributed by atoms with E-state index < -0.39 is 7.75 Å². The summed E-state index contributed by atoms with van der Waals surface area (Å²) in [5, 5.41) is 0. The van der Waals surface area contributed by atoms with E-state index in [1.54, 1.807) is 0 Å². The standard InChI is InChI=1S/C6H13N.H4NO3P/c1-3-5-6(7)4-2;1-5(2,3)4/h5H,3-4,7H2,1-2H3;(H4,1,2,3,4)/b6-5+;. The maximum absolute atomic E-state index is 9.10. The molecule has 12 heavy (non-hydrogen) atoms. The van der Waals surface area contributed by atoms with Crippen molar-refractivity contribution in [2.75, 3.05) is 0 Å². The molecule has 0 aliphatic heterocycles. The van der Waals surface area contributed by atoms with Crippen LogP contribution in [-0.4, -0.2) is 9.79 Å². The first-order valence-corrected chi connectivity index (χ1v) is 5.28. The van der Waals surface area contributed by atoms with E-state index in [0.29, 0.717) is 0 Å². The van der Waals surface area contributed by atoms with Crippen molar-refractivity contribution in [3.05, 3.63) is 11.8 Å². The predicted octanol–water partition coefficient (Wildman–Crippen LogP) is 0.687. The van der Waals surface area contributed by atoms with Gasteiger partial charge < -0.3 is 15.5 Å². The van der Waals surface area contributed by atoms with Gasteiger partial charge in [-0.3, -0.25) is 0 Å². The lowest BCUT2D eigenvalue weighted by Gasteiger charge is -1.89. The fourth-order valence-electron chi connectivity index (χ4n) is 0.407. The van der Waals surface area contributed by atoms with Crippen LogP contribution in [0.3, 0.4) is 0 Å². The number of nitrogens with two attached hydrogens (primary N) is 2. The highest BCUT2D eigenvalue weighted by Crippen LogP contribution is 2.20. The molecule has 0 radical (unpaired) electrons. The minimum absolute atomic E-state index is 0.980. The molecule has 0 rings (SSSR count). The summed E-state index contributed by atoms with van der Waals surface area (Å²) >= 11 is 0. The second-order valence-electron chi connectivity index (χ2n) is 2.13. The first-order valence-electron chi connectivity index (χ1n) is 3.59. The van der Waals surface area contributed by atoms with Crippen LogP contribution >= 0.6 is 7.75 Å². The SMILES string of the molecule is CC/C=C(/N)CC.NP(=O)(O)O. The second kappa shape index (κ2) is 7.31. The maximum Gasteiger partial charge on any atom is 0.397 e. The average Bonchev–Trinajstić information content (AvgIpc) is 1.85. The van der Waals surface area contributed by atoms with Crippen LogP contribution in [0.25, 0.3) is 0 Å². The number of hydrogen-bond acceptors (Lipinski definition) is 2. The minimum atomic E-state index is -4.14. The molecule has 0 amide bonds. The van der Waals surface area contributed by atoms with Crippen molar-refractivity contribution in [1.29, 1.82) is 0 Å². The van der Waals surface area contributed by atoms with Crippen LogP contribution in [-0.2, 0) is 4.57 Å². The molecule has 6 N–H and O–H groups in total. The van der Waals surface area contributed by atoms with E-state index >= 15 is 0 Å². The summed E-state index contributed by atoms with van der Waals surface area (Å²) in [6.07, 6.45) is 4.08. The Morgan fingerprint density at radius 3 is 1.92 bits per heavy atom. The van der Waals surface area contributed by atoms with Gasteiger partial charge in [-0.25, -0.2) is 10.1 Å². The van der Waals surface area contributed by atoms with Crippen molar-refractivity contribution in [2.24, 2.45) is 11.2 Å². The number of allylic oxidation sites excluding steroid dienone is 2. The molecule has 0 saturated carbocycles. The van der Waals surface area contributed by atoms with Crippen LogP contribution in [0.2, 0.25) is 0 Å². The molecular weight excluding hydrogens is 179 g/mol. The van der Waals surface area contributed by atoms with E-state index in [9.17, 15) is 0 Å². The molecule has 0 heterocycles. The molecule has 0 atom stereocenters. The molecule has 0 aromatic heterocycles. The van der Waals surface area contributed by atoms with E-state index in [0.717, 1.165) is 18.5 Å². The Bertz CT molecular complexity index is 167. The van der Waals surface area contributed by atoms with Crippen LogP contribution in [0.15, 0.2) is 11.8 Å². The molecule has 6 heteroatoms. The summed E-state index contributed by atoms with van der Waals surface area (Å²) in [7, 11) is -4.14. The lowest BCUT2D eigenvalue weighted by atomic mass is 10.3. The third-order valence-corrected chi connectivity index (χ3v) is 0.875. The highest BCUT2D eigenvalue weighted by atomic mass is 31.2. The van der Waals surface area contributed by atoms with Gasteiger partial charge in [0.25, 0.3) is 0 Å². The van der Waals surface area contributed by atoms with E-state index in [1.807, 2.05) is 6.08 Å². The Labute approximate surface area is 72.7 Å². The van der Waals surface area contributed by atoms with Crippen molar-refractivity contribution < 1.29 is 14.4 Å². The van der Waals surface area contributed by atoms with Gasteiger partial charge in [0.05, 0.1) is 0 Å². The number of hydrogen-bond donors (Lipinski definition) is 4. The highest BCUT2D eigenvalue weighted by molar-refractivity contribution is 7.49. The molecule has 0 aromatic carbocycles. The van der Waals surface area contributed by atoms with Gasteiger partial charge in [-0.2, -0.15) is 0 Å². The summed E-state index contributed by atoms with van der Waals surface area (Å²) in [5.74, 6) is 0. The molecule has 0 spiro atoms. The average molecular weight is 196 g/mol. The minimum Gasteiger partial charge on any atom is -0.402 e. The molecule has 0 aliphatic carbocycles. The smallest absolute Gasteiger partial charge is 0.397 e. The Morgan fingerprint density at radius 1 is 1.50 bits per heavy atom. The van der Waals surface area contributed by atoms with E-state index in [4.69, 9.17) is 20.1 Å². The van der Waals surface area contributed by atoms with Crippen molar-refractivity contribution in [1.82, 2.24) is 0 Å². The van der Waals surface area contributed by atoms with Gasteiger partial charge in [-0.1, -0.05) is 19.9 Å². The molecule has 0 aliphatic rings. The third-order valence-electron chi connectivity index (χ3n) is 0.875. The normalized spacial score (nSPS) is 11.9. The monoisotopic (exact) mass is 196 g/mol. The first-order chi connectivity index (χ1) is 5.31. The fraction of sp³-hybridized carbons (Fsp3) is 0.667. The molecule has 0 saturated heterocycles. The molecule has 0 unspecified atom stereocenters. The third kappa shape index (κ3) is 33.4. The van der Waals surface area contributed by atoms with Crippen LogP contribution in [0.4, 0.5) is 0 Å². The molecule has 74 valence electrons. The summed E-state index contributed by atoms with van der Waals surface area (Å²) in [5.41, 5.74) is 10.5. The fourth-order valence-corrected chi connectivity index (χ4v) is 0.407. The Morgan fingerprint density at radius 2 is 1.83 bits per heavy atom. The highest BCUT2D eigenvalue weighted by Gasteiger charge is 1.96. The van der Waals surface area contributed by atoms with Gasteiger partial charge in [0.2, 0.25) is 0 Å². The second-order valence-corrected chi connectivity index (χ2v) is 3.31. The van der Waals surface area contributed by atoms with Gasteiger partial charge in [-0.15, -0.1) is 0 Å². The van der Waals surface area contributed by atoms with Crippen molar-refractivity contribution in [3.8, 4) is 0 Å². The van der Waals surface area contributed by atoms with Crippen molar-refractivity contribution in [3.63, 3.8) is 0 Å². The van der Waals surface area contributed by atoms with Crippen LogP contribution in [0, 0.1) is 0 Å². The van der Waals surface area contributed by atoms with E-state index in [2.05, 4.69) is 19.4 Å². The zero-order valence-electron chi connectivity index (χ0n) is 7.40. The van der Waals surface area contributed by atoms with Gasteiger partial charge in [-0.05, 0) is 12.8 Å². The summed E-state index contributed by atoms with van der Waals surface area (Å²) < 4.78 is 9.10. The maximum atomic E-state index is 9.10. The van der Waals surface area contributed by atoms with Gasteiger partial charge in [0.15, 0.2) is 0 Å². The van der Waals surface area contributed by atoms with Crippen LogP contribution in [0.5, 0.6) is 0 Å². The van der Waals surface area contributed by atoms with Crippen LogP contribution in [0.1, 0.15) is 26.7 Å². The first kappa shape index (κ1) is 14.2. The summed E-state index contributed by atoms with van der Waals surface area (Å²) in [4.78, 5) is 14.8. The Kier molecular flexibility index (Phi) is 8.64. The molecule has 0 fully saturated rings. The van der Waals surface area contributed by atoms with E-state index in [1.165, 1.54) is 0 Å². The van der Waals surface area contributed by atoms with Gasteiger partial charge in [0.1, 0.15) is 0 Å². The molecular formula is C6H17N2O3P. The zero-order chi connectivity index (χ0) is 10.2. The Balaban J connectivity index is 0. The lowest BCUT2D eigenvalue weighted by molar-refractivity contribution is 0.374. The largest absolute Gasteiger partial charge is 0.402 e. The predicted molar refractivity (Wildman–Crippen MR) is 49.1 cm³/mol. The summed E-state index contributed by atoms with van der Waals surface area (Å²) in [6.45, 7) is 4.14. The number of rotatable bonds is 2. The lowest BCUT2D eigenvalue weighted by Crippen LogP contribution is -1.92. The summed E-state index contributed by atoms with van der Waals surface area (Å²) in [6, 6.07) is 0. The molecule has 0 aromatic rings. The molecule has 5 nitrogen and oxygen atoms in total. The van der Waals surface area contributed by atoms with Crippen molar-refractivity contribution in [2.45, 2.75) is 26.7 Å². The zero-order valence-corrected chi connectivity index (χ0v) is 8.29. The molecule has 0 bridgehead atoms. The van der Waals surface area contributed by atoms with Crippen LogP contribution < -0.4 is 11.2 Å². The Hall–Kier alpha value is -0.350. The topological polar surface area (TPSA) is 110 Å². The van der Waals surface area contributed by atoms with E-state index in [-0.39, 0.29) is 0 Å². The van der Waals surface area contributed by atoms with Gasteiger partial charge >= 0.3 is 7.75 Å². The van der Waals surface area contributed by atoms with Gasteiger partial charge in [0, 0.05) is 5.70 Å². The van der Waals surface area contributed by atoms with Crippen molar-refractivity contribution >= 4 is 7.75 Å².